The van der Waals surface area contributed by atoms with Crippen LogP contribution in [0.25, 0.3) is 11.2 Å². The van der Waals surface area contributed by atoms with Gasteiger partial charge in [-0.05, 0) is 0 Å². The Labute approximate surface area is 84.6 Å². The molecule has 2 aromatic rings. The van der Waals surface area contributed by atoms with Gasteiger partial charge in [-0.15, -0.1) is 0 Å². The fraction of sp³-hybridized carbons (Fsp3) is 0.375. The number of alkyl halides is 1. The lowest BCUT2D eigenvalue weighted by molar-refractivity contribution is 0.00708. The standard InChI is InChI=1S/C8H9FN4O2/c9-4-14-1-2-15-13-6-12-7-3-10-5-11-8(7)13/h3,5-6H,1-2,4H2. The molecule has 0 unspecified atom stereocenters. The van der Waals surface area contributed by atoms with E-state index in [0.717, 1.165) is 0 Å². The monoisotopic (exact) mass is 212 g/mol. The van der Waals surface area contributed by atoms with Gasteiger partial charge in [0.2, 0.25) is 0 Å². The molecule has 0 aliphatic heterocycles. The maximum absolute atomic E-state index is 11.6. The topological polar surface area (TPSA) is 62.1 Å². The van der Waals surface area contributed by atoms with Crippen LogP contribution in [-0.4, -0.2) is 39.8 Å². The molecule has 0 aliphatic rings. The van der Waals surface area contributed by atoms with Crippen molar-refractivity contribution in [1.29, 1.82) is 0 Å². The number of ether oxygens (including phenoxy) is 1. The van der Waals surface area contributed by atoms with Crippen molar-refractivity contribution in [2.75, 3.05) is 20.1 Å². The molecule has 0 N–H and O–H groups in total. The molecule has 2 heterocycles. The number of halogens is 1. The van der Waals surface area contributed by atoms with E-state index in [4.69, 9.17) is 4.84 Å². The van der Waals surface area contributed by atoms with E-state index in [-0.39, 0.29) is 13.2 Å². The molecule has 7 heteroatoms. The second-order valence-corrected chi connectivity index (χ2v) is 2.65. The van der Waals surface area contributed by atoms with Crippen molar-refractivity contribution >= 4 is 11.2 Å². The van der Waals surface area contributed by atoms with E-state index >= 15 is 0 Å². The number of nitrogens with zero attached hydrogens (tertiary/aromatic N) is 4. The summed E-state index contributed by atoms with van der Waals surface area (Å²) in [6, 6.07) is 0. The Bertz CT molecular complexity index is 433. The molecular formula is C8H9FN4O2. The number of hydrogen-bond donors (Lipinski definition) is 0. The number of fused-ring (bicyclic) bond motifs is 1. The van der Waals surface area contributed by atoms with Crippen molar-refractivity contribution in [2.24, 2.45) is 0 Å². The lowest BCUT2D eigenvalue weighted by atomic mass is 10.6. The zero-order valence-electron chi connectivity index (χ0n) is 7.84. The van der Waals surface area contributed by atoms with Crippen LogP contribution in [0.15, 0.2) is 18.9 Å². The van der Waals surface area contributed by atoms with Gasteiger partial charge in [-0.2, -0.15) is 4.73 Å². The smallest absolute Gasteiger partial charge is 0.198 e. The SMILES string of the molecule is FCOCCOn1cnc2cncnc21. The van der Waals surface area contributed by atoms with E-state index < -0.39 is 6.86 Å². The minimum Gasteiger partial charge on any atom is -0.408 e. The minimum absolute atomic E-state index is 0.182. The first-order valence-electron chi connectivity index (χ1n) is 4.32. The average molecular weight is 212 g/mol. The average Bonchev–Trinajstić information content (AvgIpc) is 2.68. The molecule has 0 aromatic carbocycles. The van der Waals surface area contributed by atoms with Crippen molar-refractivity contribution in [1.82, 2.24) is 19.7 Å². The first kappa shape index (κ1) is 9.78. The highest BCUT2D eigenvalue weighted by atomic mass is 19.1. The number of rotatable bonds is 5. The maximum Gasteiger partial charge on any atom is 0.198 e. The van der Waals surface area contributed by atoms with Crippen LogP contribution in [-0.2, 0) is 4.74 Å². The highest BCUT2D eigenvalue weighted by Crippen LogP contribution is 2.04. The fourth-order valence-electron chi connectivity index (χ4n) is 1.09. The van der Waals surface area contributed by atoms with Crippen molar-refractivity contribution < 1.29 is 14.0 Å². The van der Waals surface area contributed by atoms with Crippen LogP contribution in [0.1, 0.15) is 0 Å². The summed E-state index contributed by atoms with van der Waals surface area (Å²) in [6.07, 6.45) is 4.47. The Morgan fingerprint density at radius 3 is 3.13 bits per heavy atom. The lowest BCUT2D eigenvalue weighted by Crippen LogP contribution is -2.16. The zero-order valence-corrected chi connectivity index (χ0v) is 7.84. The van der Waals surface area contributed by atoms with Crippen molar-refractivity contribution in [3.8, 4) is 0 Å². The van der Waals surface area contributed by atoms with Gasteiger partial charge in [0.1, 0.15) is 24.8 Å². The molecule has 0 saturated heterocycles. The summed E-state index contributed by atoms with van der Waals surface area (Å²) >= 11 is 0. The Kier molecular flexibility index (Phi) is 3.03. The molecule has 80 valence electrons. The van der Waals surface area contributed by atoms with Crippen LogP contribution in [0.3, 0.4) is 0 Å². The van der Waals surface area contributed by atoms with E-state index in [9.17, 15) is 4.39 Å². The van der Waals surface area contributed by atoms with Gasteiger partial charge in [0.15, 0.2) is 12.5 Å². The van der Waals surface area contributed by atoms with Crippen LogP contribution in [0.2, 0.25) is 0 Å². The van der Waals surface area contributed by atoms with Gasteiger partial charge in [0.25, 0.3) is 0 Å². The highest BCUT2D eigenvalue weighted by Gasteiger charge is 2.03. The van der Waals surface area contributed by atoms with E-state index in [1.165, 1.54) is 17.4 Å². The number of imidazole rings is 1. The molecule has 6 nitrogen and oxygen atoms in total. The summed E-state index contributed by atoms with van der Waals surface area (Å²) in [5.41, 5.74) is 1.22. The summed E-state index contributed by atoms with van der Waals surface area (Å²) in [5.74, 6) is 0. The van der Waals surface area contributed by atoms with Gasteiger partial charge in [-0.1, -0.05) is 0 Å². The van der Waals surface area contributed by atoms with Crippen LogP contribution in [0.5, 0.6) is 0 Å². The molecule has 2 rings (SSSR count). The lowest BCUT2D eigenvalue weighted by Gasteiger charge is -2.05. The van der Waals surface area contributed by atoms with E-state index in [1.807, 2.05) is 0 Å². The predicted octanol–water partition coefficient (Wildman–Crippen LogP) is 0.199. The normalized spacial score (nSPS) is 10.7. The van der Waals surface area contributed by atoms with Gasteiger partial charge < -0.3 is 9.57 Å². The molecule has 0 aliphatic carbocycles. The molecule has 0 amide bonds. The predicted molar refractivity (Wildman–Crippen MR) is 48.7 cm³/mol. The van der Waals surface area contributed by atoms with E-state index in [2.05, 4.69) is 19.7 Å². The summed E-state index contributed by atoms with van der Waals surface area (Å²) < 4.78 is 17.5. The second kappa shape index (κ2) is 4.65. The first-order valence-corrected chi connectivity index (χ1v) is 4.32. The molecule has 2 aromatic heterocycles. The molecule has 0 spiro atoms. The molecule has 15 heavy (non-hydrogen) atoms. The zero-order chi connectivity index (χ0) is 10.5. The minimum atomic E-state index is -0.809. The van der Waals surface area contributed by atoms with Crippen molar-refractivity contribution in [3.05, 3.63) is 18.9 Å². The molecule has 0 bridgehead atoms. The van der Waals surface area contributed by atoms with E-state index in [0.29, 0.717) is 11.2 Å². The quantitative estimate of drug-likeness (QED) is 0.662. The van der Waals surface area contributed by atoms with Crippen LogP contribution < -0.4 is 4.84 Å². The summed E-state index contributed by atoms with van der Waals surface area (Å²) in [6.45, 7) is -0.392. The third-order valence-electron chi connectivity index (χ3n) is 1.72. The first-order chi connectivity index (χ1) is 7.42. The third kappa shape index (κ3) is 2.18. The molecule has 0 atom stereocenters. The highest BCUT2D eigenvalue weighted by molar-refractivity contribution is 5.68. The van der Waals surface area contributed by atoms with Gasteiger partial charge in [-0.3, -0.25) is 0 Å². The van der Waals surface area contributed by atoms with Crippen LogP contribution in [0, 0.1) is 0 Å². The van der Waals surface area contributed by atoms with Gasteiger partial charge in [0, 0.05) is 0 Å². The Morgan fingerprint density at radius 2 is 2.27 bits per heavy atom. The molecule has 0 saturated carbocycles. The second-order valence-electron chi connectivity index (χ2n) is 2.65. The Balaban J connectivity index is 2.02. The van der Waals surface area contributed by atoms with Crippen LogP contribution >= 0.6 is 0 Å². The summed E-state index contributed by atoms with van der Waals surface area (Å²) in [5, 5.41) is 0. The van der Waals surface area contributed by atoms with Gasteiger partial charge in [-0.25, -0.2) is 19.3 Å². The van der Waals surface area contributed by atoms with Crippen LogP contribution in [0.4, 0.5) is 4.39 Å². The molecule has 0 fully saturated rings. The van der Waals surface area contributed by atoms with Gasteiger partial charge in [0.05, 0.1) is 12.8 Å². The molecule has 0 radical (unpaired) electrons. The fourth-order valence-corrected chi connectivity index (χ4v) is 1.09. The number of hydrogen-bond acceptors (Lipinski definition) is 5. The van der Waals surface area contributed by atoms with Crippen molar-refractivity contribution in [3.63, 3.8) is 0 Å². The van der Waals surface area contributed by atoms with E-state index in [1.54, 1.807) is 6.20 Å². The number of aromatic nitrogens is 4. The summed E-state index contributed by atoms with van der Waals surface area (Å²) in [4.78, 5) is 17.1. The summed E-state index contributed by atoms with van der Waals surface area (Å²) in [7, 11) is 0. The third-order valence-corrected chi connectivity index (χ3v) is 1.72. The Hall–Kier alpha value is -1.76. The Morgan fingerprint density at radius 1 is 1.33 bits per heavy atom. The van der Waals surface area contributed by atoms with Gasteiger partial charge >= 0.3 is 0 Å². The maximum atomic E-state index is 11.6. The largest absolute Gasteiger partial charge is 0.408 e. The molecular weight excluding hydrogens is 203 g/mol. The van der Waals surface area contributed by atoms with Crippen molar-refractivity contribution in [2.45, 2.75) is 0 Å².